The number of carbonyl (C=O) groups excluding carboxylic acids is 1. The molecule has 3 N–H and O–H groups in total. The lowest BCUT2D eigenvalue weighted by atomic mass is 10.2. The van der Waals surface area contributed by atoms with Gasteiger partial charge in [-0.1, -0.05) is 13.0 Å². The van der Waals surface area contributed by atoms with Gasteiger partial charge in [-0.2, -0.15) is 0 Å². The second kappa shape index (κ2) is 7.99. The van der Waals surface area contributed by atoms with Crippen molar-refractivity contribution in [3.05, 3.63) is 52.3 Å². The predicted octanol–water partition coefficient (Wildman–Crippen LogP) is 4.09. The van der Waals surface area contributed by atoms with Crippen LogP contribution in [0.4, 0.5) is 16.2 Å². The molecule has 2 aromatic carbocycles. The van der Waals surface area contributed by atoms with Crippen molar-refractivity contribution >= 4 is 28.3 Å². The van der Waals surface area contributed by atoms with Gasteiger partial charge in [0.15, 0.2) is 0 Å². The fourth-order valence-electron chi connectivity index (χ4n) is 2.98. The molecule has 0 atom stereocenters. The lowest BCUT2D eigenvalue weighted by molar-refractivity contribution is 0.262. The van der Waals surface area contributed by atoms with Crippen LogP contribution < -0.4 is 20.9 Å². The van der Waals surface area contributed by atoms with Gasteiger partial charge in [0.1, 0.15) is 5.75 Å². The summed E-state index contributed by atoms with van der Waals surface area (Å²) in [5, 5.41) is 8.94. The molecule has 0 bridgehead atoms. The van der Waals surface area contributed by atoms with E-state index in [2.05, 4.69) is 15.7 Å². The zero-order chi connectivity index (χ0) is 19.4. The van der Waals surface area contributed by atoms with Gasteiger partial charge in [-0.15, -0.1) is 0 Å². The lowest BCUT2D eigenvalue weighted by Crippen LogP contribution is -2.20. The van der Waals surface area contributed by atoms with Crippen molar-refractivity contribution in [3.8, 4) is 5.75 Å². The van der Waals surface area contributed by atoms with E-state index in [1.165, 1.54) is 0 Å². The summed E-state index contributed by atoms with van der Waals surface area (Å²) in [4.78, 5) is 24.5. The number of rotatable bonds is 6. The number of ether oxygens (including phenoxy) is 1. The van der Waals surface area contributed by atoms with E-state index in [-0.39, 0.29) is 5.56 Å². The normalized spacial score (nSPS) is 10.8. The molecule has 0 aliphatic carbocycles. The number of urea groups is 1. The van der Waals surface area contributed by atoms with Crippen LogP contribution in [0.3, 0.4) is 0 Å². The number of hydrogen-bond donors (Lipinski definition) is 3. The number of fused-ring (bicyclic) bond motifs is 1. The number of aromatic amines is 1. The monoisotopic (exact) mass is 368 g/mol. The number of hydrogen-bond acceptors (Lipinski definition) is 3. The number of nitrogens with zero attached hydrogens (tertiary/aromatic N) is 1. The van der Waals surface area contributed by atoms with Crippen molar-refractivity contribution in [2.24, 2.45) is 0 Å². The van der Waals surface area contributed by atoms with E-state index in [9.17, 15) is 9.59 Å². The van der Waals surface area contributed by atoms with Crippen LogP contribution >= 0.6 is 0 Å². The number of amides is 2. The summed E-state index contributed by atoms with van der Waals surface area (Å²) in [5.41, 5.74) is 2.82. The SMILES string of the molecule is CCCn1[nH]c(=O)c2cc(NC(=O)Nc3cc(C)ccc3OCC)ccc21. The average Bonchev–Trinajstić information content (AvgIpc) is 2.93. The summed E-state index contributed by atoms with van der Waals surface area (Å²) < 4.78 is 7.37. The quantitative estimate of drug-likeness (QED) is 0.612. The second-order valence-electron chi connectivity index (χ2n) is 6.34. The maximum Gasteiger partial charge on any atom is 0.323 e. The molecule has 7 heteroatoms. The van der Waals surface area contributed by atoms with Gasteiger partial charge < -0.3 is 15.4 Å². The van der Waals surface area contributed by atoms with E-state index in [1.807, 2.05) is 49.7 Å². The fraction of sp³-hybridized carbons (Fsp3) is 0.300. The zero-order valence-corrected chi connectivity index (χ0v) is 15.8. The Hall–Kier alpha value is -3.22. The van der Waals surface area contributed by atoms with Crippen LogP contribution in [-0.2, 0) is 6.54 Å². The van der Waals surface area contributed by atoms with Crippen LogP contribution in [0.5, 0.6) is 5.75 Å². The van der Waals surface area contributed by atoms with Crippen LogP contribution in [0.15, 0.2) is 41.2 Å². The third-order valence-corrected chi connectivity index (χ3v) is 4.16. The van der Waals surface area contributed by atoms with Crippen LogP contribution in [0, 0.1) is 6.92 Å². The topological polar surface area (TPSA) is 88.2 Å². The predicted molar refractivity (Wildman–Crippen MR) is 108 cm³/mol. The van der Waals surface area contributed by atoms with Gasteiger partial charge in [0.2, 0.25) is 0 Å². The summed E-state index contributed by atoms with van der Waals surface area (Å²) in [6.07, 6.45) is 0.917. The Bertz CT molecular complexity index is 1020. The molecule has 1 heterocycles. The molecule has 1 aromatic heterocycles. The molecule has 3 aromatic rings. The minimum Gasteiger partial charge on any atom is -0.492 e. The zero-order valence-electron chi connectivity index (χ0n) is 15.8. The van der Waals surface area contributed by atoms with E-state index in [0.29, 0.717) is 29.1 Å². The number of aromatic nitrogens is 2. The Morgan fingerprint density at radius 1 is 1.15 bits per heavy atom. The molecular formula is C20H24N4O3. The highest BCUT2D eigenvalue weighted by Crippen LogP contribution is 2.26. The molecule has 7 nitrogen and oxygen atoms in total. The van der Waals surface area contributed by atoms with Crippen LogP contribution in [0.2, 0.25) is 0 Å². The first kappa shape index (κ1) is 18.6. The molecule has 0 saturated carbocycles. The van der Waals surface area contributed by atoms with E-state index < -0.39 is 6.03 Å². The Labute approximate surface area is 157 Å². The van der Waals surface area contributed by atoms with Crippen LogP contribution in [0.1, 0.15) is 25.8 Å². The number of nitrogens with one attached hydrogen (secondary N) is 3. The molecule has 0 spiro atoms. The van der Waals surface area contributed by atoms with Crippen molar-refractivity contribution in [3.63, 3.8) is 0 Å². The summed E-state index contributed by atoms with van der Waals surface area (Å²) in [6, 6.07) is 10.5. The molecule has 0 aliphatic rings. The Kier molecular flexibility index (Phi) is 5.49. The van der Waals surface area contributed by atoms with E-state index in [4.69, 9.17) is 4.74 Å². The van der Waals surface area contributed by atoms with Gasteiger partial charge >= 0.3 is 6.03 Å². The Morgan fingerprint density at radius 2 is 1.96 bits per heavy atom. The van der Waals surface area contributed by atoms with Gasteiger partial charge in [0, 0.05) is 12.2 Å². The van der Waals surface area contributed by atoms with Crippen molar-refractivity contribution < 1.29 is 9.53 Å². The number of H-pyrrole nitrogens is 1. The number of carbonyl (C=O) groups is 1. The number of aryl methyl sites for hydroxylation is 2. The third-order valence-electron chi connectivity index (χ3n) is 4.16. The molecule has 0 radical (unpaired) electrons. The van der Waals surface area contributed by atoms with Crippen molar-refractivity contribution in [1.29, 1.82) is 0 Å². The van der Waals surface area contributed by atoms with Crippen molar-refractivity contribution in [2.45, 2.75) is 33.7 Å². The molecule has 3 rings (SSSR count). The smallest absolute Gasteiger partial charge is 0.323 e. The first-order valence-corrected chi connectivity index (χ1v) is 9.05. The van der Waals surface area contributed by atoms with E-state index in [1.54, 1.807) is 12.1 Å². The standard InChI is InChI=1S/C20H24N4O3/c1-4-10-24-17-8-7-14(12-15(17)19(25)23-24)21-20(26)22-16-11-13(3)6-9-18(16)27-5-2/h6-9,11-12H,4-5,10H2,1-3H3,(H,23,25)(H2,21,22,26). The maximum atomic E-state index is 12.4. The molecule has 2 amide bonds. The molecular weight excluding hydrogens is 344 g/mol. The first-order chi connectivity index (χ1) is 13.0. The van der Waals surface area contributed by atoms with E-state index in [0.717, 1.165) is 24.0 Å². The summed E-state index contributed by atoms with van der Waals surface area (Å²) in [7, 11) is 0. The number of benzene rings is 2. The summed E-state index contributed by atoms with van der Waals surface area (Å²) in [6.45, 7) is 7.13. The molecule has 0 aliphatic heterocycles. The fourth-order valence-corrected chi connectivity index (χ4v) is 2.98. The second-order valence-corrected chi connectivity index (χ2v) is 6.34. The molecule has 142 valence electrons. The van der Waals surface area contributed by atoms with Gasteiger partial charge in [-0.3, -0.25) is 14.6 Å². The van der Waals surface area contributed by atoms with Gasteiger partial charge in [0.25, 0.3) is 5.56 Å². The first-order valence-electron chi connectivity index (χ1n) is 9.05. The minimum absolute atomic E-state index is 0.167. The minimum atomic E-state index is -0.398. The Balaban J connectivity index is 1.79. The molecule has 27 heavy (non-hydrogen) atoms. The number of anilines is 2. The van der Waals surface area contributed by atoms with Crippen molar-refractivity contribution in [1.82, 2.24) is 9.78 Å². The lowest BCUT2D eigenvalue weighted by Gasteiger charge is -2.13. The Morgan fingerprint density at radius 3 is 2.70 bits per heavy atom. The average molecular weight is 368 g/mol. The summed E-state index contributed by atoms with van der Waals surface area (Å²) in [5.74, 6) is 0.613. The highest BCUT2D eigenvalue weighted by atomic mass is 16.5. The van der Waals surface area contributed by atoms with E-state index >= 15 is 0 Å². The van der Waals surface area contributed by atoms with Gasteiger partial charge in [-0.05, 0) is 56.2 Å². The highest BCUT2D eigenvalue weighted by Gasteiger charge is 2.11. The highest BCUT2D eigenvalue weighted by molar-refractivity contribution is 6.01. The largest absolute Gasteiger partial charge is 0.492 e. The van der Waals surface area contributed by atoms with Gasteiger partial charge in [0.05, 0.1) is 23.2 Å². The van der Waals surface area contributed by atoms with Crippen LogP contribution in [0.25, 0.3) is 10.9 Å². The van der Waals surface area contributed by atoms with Crippen LogP contribution in [-0.4, -0.2) is 22.4 Å². The third kappa shape index (κ3) is 4.13. The molecule has 0 saturated heterocycles. The maximum absolute atomic E-state index is 12.4. The molecule has 0 fully saturated rings. The van der Waals surface area contributed by atoms with Gasteiger partial charge in [-0.25, -0.2) is 4.79 Å². The summed E-state index contributed by atoms with van der Waals surface area (Å²) >= 11 is 0. The molecule has 0 unspecified atom stereocenters. The van der Waals surface area contributed by atoms with Crippen molar-refractivity contribution in [2.75, 3.05) is 17.2 Å².